The van der Waals surface area contributed by atoms with Crippen molar-refractivity contribution < 1.29 is 14.7 Å². The molecule has 4 heteroatoms. The summed E-state index contributed by atoms with van der Waals surface area (Å²) in [5.41, 5.74) is 2.06. The summed E-state index contributed by atoms with van der Waals surface area (Å²) >= 11 is 0. The average molecular weight is 323 g/mol. The minimum absolute atomic E-state index is 0.208. The van der Waals surface area contributed by atoms with Crippen molar-refractivity contribution in [2.24, 2.45) is 5.92 Å². The molecule has 0 saturated heterocycles. The number of rotatable bonds is 6. The summed E-state index contributed by atoms with van der Waals surface area (Å²) < 4.78 is 0. The Bertz CT molecular complexity index is 721. The molecule has 124 valence electrons. The van der Waals surface area contributed by atoms with Crippen molar-refractivity contribution in [2.45, 2.75) is 19.9 Å². The maximum absolute atomic E-state index is 12.7. The second-order valence-electron chi connectivity index (χ2n) is 5.87. The number of amides is 1. The summed E-state index contributed by atoms with van der Waals surface area (Å²) in [6, 6.07) is 17.8. The van der Waals surface area contributed by atoms with E-state index in [2.05, 4.69) is 5.32 Å². The van der Waals surface area contributed by atoms with Crippen molar-refractivity contribution >= 4 is 23.5 Å². The van der Waals surface area contributed by atoms with E-state index in [4.69, 9.17) is 0 Å². The van der Waals surface area contributed by atoms with Crippen LogP contribution in [0.2, 0.25) is 0 Å². The van der Waals surface area contributed by atoms with Crippen LogP contribution in [0.15, 0.2) is 60.7 Å². The molecule has 0 bridgehead atoms. The Labute approximate surface area is 141 Å². The maximum atomic E-state index is 12.7. The molecule has 0 aliphatic heterocycles. The number of aliphatic carboxylic acids is 1. The van der Waals surface area contributed by atoms with E-state index in [1.807, 2.05) is 60.7 Å². The molecule has 0 unspecified atom stereocenters. The van der Waals surface area contributed by atoms with Crippen LogP contribution in [0.1, 0.15) is 25.0 Å². The van der Waals surface area contributed by atoms with Crippen LogP contribution in [0.4, 0.5) is 0 Å². The Balaban J connectivity index is 2.38. The van der Waals surface area contributed by atoms with Gasteiger partial charge in [-0.2, -0.15) is 0 Å². The van der Waals surface area contributed by atoms with Gasteiger partial charge in [0, 0.05) is 5.57 Å². The van der Waals surface area contributed by atoms with E-state index in [9.17, 15) is 14.7 Å². The monoisotopic (exact) mass is 323 g/mol. The van der Waals surface area contributed by atoms with Gasteiger partial charge < -0.3 is 10.4 Å². The molecule has 2 rings (SSSR count). The van der Waals surface area contributed by atoms with Crippen molar-refractivity contribution in [1.82, 2.24) is 5.32 Å². The van der Waals surface area contributed by atoms with Crippen molar-refractivity contribution in [3.05, 3.63) is 71.8 Å². The minimum Gasteiger partial charge on any atom is -0.480 e. The van der Waals surface area contributed by atoms with Gasteiger partial charge in [0.1, 0.15) is 6.04 Å². The van der Waals surface area contributed by atoms with Gasteiger partial charge in [-0.25, -0.2) is 4.79 Å². The van der Waals surface area contributed by atoms with Gasteiger partial charge in [0.25, 0.3) is 5.91 Å². The van der Waals surface area contributed by atoms with Gasteiger partial charge in [-0.15, -0.1) is 0 Å². The van der Waals surface area contributed by atoms with Gasteiger partial charge in [-0.3, -0.25) is 4.79 Å². The number of benzene rings is 2. The lowest BCUT2D eigenvalue weighted by Gasteiger charge is -2.19. The standard InChI is InChI=1S/C20H21NO3/c1-14(2)18(20(23)24)21-19(22)17(16-11-7-4-8-12-16)13-15-9-5-3-6-10-15/h3-14,18H,1-2H3,(H,21,22)(H,23,24)/b17-13+/t18-/m1/s1. The van der Waals surface area contributed by atoms with E-state index >= 15 is 0 Å². The molecule has 24 heavy (non-hydrogen) atoms. The van der Waals surface area contributed by atoms with Crippen molar-refractivity contribution in [3.8, 4) is 0 Å². The van der Waals surface area contributed by atoms with Gasteiger partial charge in [0.05, 0.1) is 0 Å². The third kappa shape index (κ3) is 4.56. The summed E-state index contributed by atoms with van der Waals surface area (Å²) in [4.78, 5) is 24.1. The highest BCUT2D eigenvalue weighted by atomic mass is 16.4. The molecule has 0 heterocycles. The Morgan fingerprint density at radius 1 is 0.958 bits per heavy atom. The lowest BCUT2D eigenvalue weighted by atomic mass is 9.99. The van der Waals surface area contributed by atoms with Gasteiger partial charge in [-0.05, 0) is 23.1 Å². The lowest BCUT2D eigenvalue weighted by Crippen LogP contribution is -2.44. The summed E-state index contributed by atoms with van der Waals surface area (Å²) in [6.07, 6.45) is 1.77. The first-order chi connectivity index (χ1) is 11.5. The van der Waals surface area contributed by atoms with Gasteiger partial charge >= 0.3 is 5.97 Å². The fourth-order valence-electron chi connectivity index (χ4n) is 2.35. The van der Waals surface area contributed by atoms with Crippen LogP contribution in [0, 0.1) is 5.92 Å². The molecule has 2 N–H and O–H groups in total. The molecule has 1 amide bonds. The lowest BCUT2D eigenvalue weighted by molar-refractivity contribution is -0.142. The number of carboxylic acid groups (broad SMARTS) is 1. The van der Waals surface area contributed by atoms with E-state index in [-0.39, 0.29) is 5.92 Å². The number of carbonyl (C=O) groups excluding carboxylic acids is 1. The van der Waals surface area contributed by atoms with Crippen LogP contribution in [-0.2, 0) is 9.59 Å². The Morgan fingerprint density at radius 3 is 2.00 bits per heavy atom. The van der Waals surface area contributed by atoms with Crippen LogP contribution in [0.3, 0.4) is 0 Å². The smallest absolute Gasteiger partial charge is 0.326 e. The molecular formula is C20H21NO3. The van der Waals surface area contributed by atoms with E-state index < -0.39 is 17.9 Å². The fourth-order valence-corrected chi connectivity index (χ4v) is 2.35. The van der Waals surface area contributed by atoms with E-state index in [0.29, 0.717) is 5.57 Å². The molecule has 2 aromatic carbocycles. The molecule has 0 spiro atoms. The second kappa shape index (κ2) is 8.11. The van der Waals surface area contributed by atoms with Crippen molar-refractivity contribution in [2.75, 3.05) is 0 Å². The molecule has 0 radical (unpaired) electrons. The molecule has 0 saturated carbocycles. The quantitative estimate of drug-likeness (QED) is 0.632. The molecule has 0 aromatic heterocycles. The maximum Gasteiger partial charge on any atom is 0.326 e. The van der Waals surface area contributed by atoms with Crippen molar-refractivity contribution in [1.29, 1.82) is 0 Å². The van der Waals surface area contributed by atoms with E-state index in [1.165, 1.54) is 0 Å². The third-order valence-electron chi connectivity index (χ3n) is 3.66. The zero-order chi connectivity index (χ0) is 17.5. The average Bonchev–Trinajstić information content (AvgIpc) is 2.58. The van der Waals surface area contributed by atoms with E-state index in [0.717, 1.165) is 11.1 Å². The summed E-state index contributed by atoms with van der Waals surface area (Å²) in [5, 5.41) is 11.9. The second-order valence-corrected chi connectivity index (χ2v) is 5.87. The third-order valence-corrected chi connectivity index (χ3v) is 3.66. The highest BCUT2D eigenvalue weighted by Gasteiger charge is 2.25. The van der Waals surface area contributed by atoms with Crippen LogP contribution in [0.25, 0.3) is 11.6 Å². The summed E-state index contributed by atoms with van der Waals surface area (Å²) in [6.45, 7) is 3.53. The Morgan fingerprint density at radius 2 is 1.50 bits per heavy atom. The minimum atomic E-state index is -1.04. The largest absolute Gasteiger partial charge is 0.480 e. The zero-order valence-corrected chi connectivity index (χ0v) is 13.8. The predicted molar refractivity (Wildman–Crippen MR) is 95.2 cm³/mol. The summed E-state index contributed by atoms with van der Waals surface area (Å²) in [7, 11) is 0. The van der Waals surface area contributed by atoms with E-state index in [1.54, 1.807) is 19.9 Å². The molecular weight excluding hydrogens is 302 g/mol. The normalized spacial score (nSPS) is 12.7. The number of carboxylic acids is 1. The van der Waals surface area contributed by atoms with Gasteiger partial charge in [-0.1, -0.05) is 74.5 Å². The SMILES string of the molecule is CC(C)[C@@H](NC(=O)/C(=C/c1ccccc1)c1ccccc1)C(=O)O. The molecule has 0 fully saturated rings. The van der Waals surface area contributed by atoms with Crippen LogP contribution in [0.5, 0.6) is 0 Å². The first kappa shape index (κ1) is 17.5. The number of carbonyl (C=O) groups is 2. The first-order valence-electron chi connectivity index (χ1n) is 7.85. The van der Waals surface area contributed by atoms with Crippen LogP contribution < -0.4 is 5.32 Å². The number of hydrogen-bond donors (Lipinski definition) is 2. The molecule has 2 aromatic rings. The van der Waals surface area contributed by atoms with Gasteiger partial charge in [0.15, 0.2) is 0 Å². The molecule has 0 aliphatic carbocycles. The van der Waals surface area contributed by atoms with Crippen LogP contribution >= 0.6 is 0 Å². The number of hydrogen-bond acceptors (Lipinski definition) is 2. The first-order valence-corrected chi connectivity index (χ1v) is 7.85. The Kier molecular flexibility index (Phi) is 5.90. The number of nitrogens with one attached hydrogen (secondary N) is 1. The Hall–Kier alpha value is -2.88. The van der Waals surface area contributed by atoms with Crippen LogP contribution in [-0.4, -0.2) is 23.0 Å². The zero-order valence-electron chi connectivity index (χ0n) is 13.8. The fraction of sp³-hybridized carbons (Fsp3) is 0.200. The topological polar surface area (TPSA) is 66.4 Å². The van der Waals surface area contributed by atoms with Crippen molar-refractivity contribution in [3.63, 3.8) is 0 Å². The predicted octanol–water partition coefficient (Wildman–Crippen LogP) is 3.45. The highest BCUT2D eigenvalue weighted by molar-refractivity contribution is 6.24. The summed E-state index contributed by atoms with van der Waals surface area (Å²) in [5.74, 6) is -1.64. The highest BCUT2D eigenvalue weighted by Crippen LogP contribution is 2.19. The molecule has 4 nitrogen and oxygen atoms in total. The molecule has 1 atom stereocenters. The van der Waals surface area contributed by atoms with Gasteiger partial charge in [0.2, 0.25) is 0 Å². The molecule has 0 aliphatic rings.